The van der Waals surface area contributed by atoms with Gasteiger partial charge in [-0.25, -0.2) is 0 Å². The second kappa shape index (κ2) is 6.93. The summed E-state index contributed by atoms with van der Waals surface area (Å²) in [6.07, 6.45) is 7.66. The van der Waals surface area contributed by atoms with Gasteiger partial charge in [-0.2, -0.15) is 0 Å². The van der Waals surface area contributed by atoms with Gasteiger partial charge in [0.2, 0.25) is 0 Å². The summed E-state index contributed by atoms with van der Waals surface area (Å²) < 4.78 is 0. The lowest BCUT2D eigenvalue weighted by Crippen LogP contribution is -2.60. The molecule has 112 valence electrons. The number of rotatable bonds is 5. The molecule has 0 bridgehead atoms. The van der Waals surface area contributed by atoms with Crippen LogP contribution in [0.15, 0.2) is 24.3 Å². The van der Waals surface area contributed by atoms with Crippen LogP contribution in [0.3, 0.4) is 0 Å². The lowest BCUT2D eigenvalue weighted by Gasteiger charge is -2.48. The van der Waals surface area contributed by atoms with Gasteiger partial charge in [-0.1, -0.05) is 43.0 Å². The zero-order valence-corrected chi connectivity index (χ0v) is 13.7. The van der Waals surface area contributed by atoms with Gasteiger partial charge in [0.15, 0.2) is 0 Å². The molecule has 1 atom stereocenters. The predicted octanol–water partition coefficient (Wildman–Crippen LogP) is 3.74. The first-order valence-electron chi connectivity index (χ1n) is 7.67. The summed E-state index contributed by atoms with van der Waals surface area (Å²) in [5.74, 6) is 0. The minimum Gasteiger partial charge on any atom is -0.315 e. The summed E-state index contributed by atoms with van der Waals surface area (Å²) in [6.45, 7) is 0. The molecule has 1 aromatic carbocycles. The Balaban J connectivity index is 2.20. The van der Waals surface area contributed by atoms with Crippen LogP contribution in [0.25, 0.3) is 0 Å². The molecule has 0 spiro atoms. The van der Waals surface area contributed by atoms with Crippen LogP contribution < -0.4 is 5.32 Å². The molecule has 0 aromatic heterocycles. The van der Waals surface area contributed by atoms with Gasteiger partial charge in [0.25, 0.3) is 0 Å². The van der Waals surface area contributed by atoms with E-state index in [1.807, 2.05) is 12.1 Å². The molecule has 1 aliphatic rings. The van der Waals surface area contributed by atoms with Gasteiger partial charge in [-0.05, 0) is 58.1 Å². The lowest BCUT2D eigenvalue weighted by molar-refractivity contribution is 0.0598. The zero-order chi connectivity index (χ0) is 14.6. The topological polar surface area (TPSA) is 15.3 Å². The van der Waals surface area contributed by atoms with E-state index < -0.39 is 0 Å². The largest absolute Gasteiger partial charge is 0.315 e. The van der Waals surface area contributed by atoms with E-state index in [-0.39, 0.29) is 5.54 Å². The Morgan fingerprint density at radius 1 is 1.25 bits per heavy atom. The average Bonchev–Trinajstić information content (AvgIpc) is 2.45. The van der Waals surface area contributed by atoms with E-state index in [1.54, 1.807) is 0 Å². The highest BCUT2D eigenvalue weighted by molar-refractivity contribution is 6.30. The van der Waals surface area contributed by atoms with Gasteiger partial charge in [0.05, 0.1) is 0 Å². The highest BCUT2D eigenvalue weighted by atomic mass is 35.5. The van der Waals surface area contributed by atoms with Gasteiger partial charge in [-0.15, -0.1) is 0 Å². The maximum atomic E-state index is 6.12. The monoisotopic (exact) mass is 294 g/mol. The van der Waals surface area contributed by atoms with E-state index in [9.17, 15) is 0 Å². The first-order chi connectivity index (χ1) is 9.58. The van der Waals surface area contributed by atoms with E-state index in [0.29, 0.717) is 6.04 Å². The Kier molecular flexibility index (Phi) is 5.48. The highest BCUT2D eigenvalue weighted by Gasteiger charge is 2.40. The summed E-state index contributed by atoms with van der Waals surface area (Å²) >= 11 is 6.12. The highest BCUT2D eigenvalue weighted by Crippen LogP contribution is 2.36. The van der Waals surface area contributed by atoms with E-state index in [4.69, 9.17) is 11.6 Å². The van der Waals surface area contributed by atoms with E-state index >= 15 is 0 Å². The number of halogens is 1. The SMILES string of the molecule is CNC(Cc1cccc(Cl)c1)C1(N(C)C)CCCCC1. The molecule has 0 amide bonds. The van der Waals surface area contributed by atoms with Crippen molar-refractivity contribution in [3.05, 3.63) is 34.9 Å². The molecule has 2 rings (SSSR count). The molecule has 0 aliphatic heterocycles. The molecule has 1 fully saturated rings. The van der Waals surface area contributed by atoms with Gasteiger partial charge in [-0.3, -0.25) is 0 Å². The minimum absolute atomic E-state index is 0.273. The van der Waals surface area contributed by atoms with E-state index in [1.165, 1.54) is 37.7 Å². The van der Waals surface area contributed by atoms with E-state index in [0.717, 1.165) is 11.4 Å². The molecule has 0 saturated heterocycles. The predicted molar refractivity (Wildman–Crippen MR) is 87.5 cm³/mol. The maximum absolute atomic E-state index is 6.12. The van der Waals surface area contributed by atoms with Crippen molar-refractivity contribution >= 4 is 11.6 Å². The number of likely N-dealkylation sites (N-methyl/N-ethyl adjacent to an activating group) is 2. The third-order valence-corrected chi connectivity index (χ3v) is 5.17. The number of nitrogens with one attached hydrogen (secondary N) is 1. The molecule has 1 aromatic rings. The van der Waals surface area contributed by atoms with Crippen LogP contribution in [0.4, 0.5) is 0 Å². The normalized spacial score (nSPS) is 20.1. The standard InChI is InChI=1S/C17H27ClN2/c1-19-16(13-14-8-7-9-15(18)12-14)17(20(2)3)10-5-4-6-11-17/h7-9,12,16,19H,4-6,10-11,13H2,1-3H3. The van der Waals surface area contributed by atoms with Crippen LogP contribution in [-0.2, 0) is 6.42 Å². The molecule has 3 heteroatoms. The van der Waals surface area contributed by atoms with Crippen LogP contribution >= 0.6 is 11.6 Å². The molecule has 0 heterocycles. The summed E-state index contributed by atoms with van der Waals surface area (Å²) in [6, 6.07) is 8.74. The van der Waals surface area contributed by atoms with Crippen molar-refractivity contribution in [3.8, 4) is 0 Å². The van der Waals surface area contributed by atoms with Crippen molar-refractivity contribution in [2.24, 2.45) is 0 Å². The van der Waals surface area contributed by atoms with Crippen molar-refractivity contribution in [1.82, 2.24) is 10.2 Å². The van der Waals surface area contributed by atoms with Gasteiger partial charge in [0, 0.05) is 16.6 Å². The Bertz CT molecular complexity index is 425. The molecular formula is C17H27ClN2. The fourth-order valence-corrected chi connectivity index (χ4v) is 3.94. The second-order valence-electron chi connectivity index (χ2n) is 6.23. The Labute approximate surface area is 128 Å². The van der Waals surface area contributed by atoms with E-state index in [2.05, 4.69) is 43.5 Å². The maximum Gasteiger partial charge on any atom is 0.0408 e. The van der Waals surface area contributed by atoms with Crippen LogP contribution in [-0.4, -0.2) is 37.6 Å². The first kappa shape index (κ1) is 15.8. The lowest BCUT2D eigenvalue weighted by atomic mass is 9.73. The Morgan fingerprint density at radius 2 is 1.95 bits per heavy atom. The summed E-state index contributed by atoms with van der Waals surface area (Å²) in [5, 5.41) is 4.41. The van der Waals surface area contributed by atoms with Crippen LogP contribution in [0.5, 0.6) is 0 Å². The van der Waals surface area contributed by atoms with Gasteiger partial charge in [0.1, 0.15) is 0 Å². The summed E-state index contributed by atoms with van der Waals surface area (Å²) in [5.41, 5.74) is 1.60. The van der Waals surface area contributed by atoms with Crippen molar-refractivity contribution in [3.63, 3.8) is 0 Å². The molecule has 1 aliphatic carbocycles. The van der Waals surface area contributed by atoms with Crippen molar-refractivity contribution in [2.75, 3.05) is 21.1 Å². The Morgan fingerprint density at radius 3 is 2.50 bits per heavy atom. The molecule has 1 unspecified atom stereocenters. The zero-order valence-electron chi connectivity index (χ0n) is 13.0. The second-order valence-corrected chi connectivity index (χ2v) is 6.67. The molecule has 20 heavy (non-hydrogen) atoms. The molecular weight excluding hydrogens is 268 g/mol. The third kappa shape index (κ3) is 3.36. The van der Waals surface area contributed by atoms with Crippen LogP contribution in [0.1, 0.15) is 37.7 Å². The molecule has 0 radical (unpaired) electrons. The van der Waals surface area contributed by atoms with Crippen molar-refractivity contribution in [2.45, 2.75) is 50.1 Å². The molecule has 1 saturated carbocycles. The number of nitrogens with zero attached hydrogens (tertiary/aromatic N) is 1. The fraction of sp³-hybridized carbons (Fsp3) is 0.647. The number of hydrogen-bond donors (Lipinski definition) is 1. The Hall–Kier alpha value is -0.570. The van der Waals surface area contributed by atoms with Gasteiger partial charge < -0.3 is 10.2 Å². The average molecular weight is 295 g/mol. The van der Waals surface area contributed by atoms with Crippen LogP contribution in [0.2, 0.25) is 5.02 Å². The summed E-state index contributed by atoms with van der Waals surface area (Å²) in [4.78, 5) is 2.44. The molecule has 1 N–H and O–H groups in total. The number of benzene rings is 1. The quantitative estimate of drug-likeness (QED) is 0.890. The van der Waals surface area contributed by atoms with Gasteiger partial charge >= 0.3 is 0 Å². The van der Waals surface area contributed by atoms with Crippen LogP contribution in [0, 0.1) is 0 Å². The summed E-state index contributed by atoms with van der Waals surface area (Å²) in [7, 11) is 6.55. The molecule has 2 nitrogen and oxygen atoms in total. The number of hydrogen-bond acceptors (Lipinski definition) is 2. The van der Waals surface area contributed by atoms with Crippen molar-refractivity contribution in [1.29, 1.82) is 0 Å². The fourth-order valence-electron chi connectivity index (χ4n) is 3.73. The minimum atomic E-state index is 0.273. The third-order valence-electron chi connectivity index (χ3n) is 4.94. The smallest absolute Gasteiger partial charge is 0.0408 e. The van der Waals surface area contributed by atoms with Crippen molar-refractivity contribution < 1.29 is 0 Å². The first-order valence-corrected chi connectivity index (χ1v) is 8.05.